The number of hydrogen-bond acceptors (Lipinski definition) is 4. The molecule has 4 N–H and O–H groups in total. The van der Waals surface area contributed by atoms with Crippen LogP contribution in [-0.4, -0.2) is 23.2 Å². The SMILES string of the molecule is COc1ccc(N)cc1CNC(=O)c1cn[nH]c1C. The van der Waals surface area contributed by atoms with Crippen molar-refractivity contribution in [3.8, 4) is 5.75 Å². The number of nitrogens with two attached hydrogens (primary N) is 1. The number of aromatic nitrogens is 2. The minimum atomic E-state index is -0.185. The van der Waals surface area contributed by atoms with Crippen LogP contribution in [0.1, 0.15) is 21.6 Å². The first-order chi connectivity index (χ1) is 9.11. The number of methoxy groups -OCH3 is 1. The molecule has 0 atom stereocenters. The molecule has 6 nitrogen and oxygen atoms in total. The van der Waals surface area contributed by atoms with Crippen molar-refractivity contribution in [2.45, 2.75) is 13.5 Å². The third kappa shape index (κ3) is 2.85. The van der Waals surface area contributed by atoms with Crippen LogP contribution >= 0.6 is 0 Å². The van der Waals surface area contributed by atoms with E-state index >= 15 is 0 Å². The first kappa shape index (κ1) is 12.9. The molecule has 0 aliphatic rings. The summed E-state index contributed by atoms with van der Waals surface area (Å²) in [7, 11) is 1.58. The van der Waals surface area contributed by atoms with Crippen LogP contribution in [0.5, 0.6) is 5.75 Å². The molecule has 2 rings (SSSR count). The number of carbonyl (C=O) groups is 1. The highest BCUT2D eigenvalue weighted by molar-refractivity contribution is 5.94. The van der Waals surface area contributed by atoms with Gasteiger partial charge >= 0.3 is 0 Å². The Balaban J connectivity index is 2.09. The first-order valence-corrected chi connectivity index (χ1v) is 5.82. The highest BCUT2D eigenvalue weighted by Crippen LogP contribution is 2.20. The maximum atomic E-state index is 11.9. The number of nitrogens with zero attached hydrogens (tertiary/aromatic N) is 1. The minimum Gasteiger partial charge on any atom is -0.496 e. The smallest absolute Gasteiger partial charge is 0.255 e. The van der Waals surface area contributed by atoms with Crippen LogP contribution in [0, 0.1) is 6.92 Å². The van der Waals surface area contributed by atoms with Gasteiger partial charge in [0, 0.05) is 23.5 Å². The normalized spacial score (nSPS) is 10.2. The van der Waals surface area contributed by atoms with Crippen molar-refractivity contribution >= 4 is 11.6 Å². The summed E-state index contributed by atoms with van der Waals surface area (Å²) in [6, 6.07) is 5.31. The number of aromatic amines is 1. The van der Waals surface area contributed by atoms with Gasteiger partial charge in [-0.2, -0.15) is 5.10 Å². The molecule has 0 spiro atoms. The number of aryl methyl sites for hydroxylation is 1. The Hall–Kier alpha value is -2.50. The molecular formula is C13H16N4O2. The van der Waals surface area contributed by atoms with Gasteiger partial charge in [0.1, 0.15) is 5.75 Å². The topological polar surface area (TPSA) is 93.0 Å². The first-order valence-electron chi connectivity index (χ1n) is 5.82. The summed E-state index contributed by atoms with van der Waals surface area (Å²) in [5.41, 5.74) is 8.45. The van der Waals surface area contributed by atoms with E-state index in [9.17, 15) is 4.79 Å². The second-order valence-corrected chi connectivity index (χ2v) is 4.16. The van der Waals surface area contributed by atoms with Crippen LogP contribution in [0.2, 0.25) is 0 Å². The third-order valence-electron chi connectivity index (χ3n) is 2.82. The Labute approximate surface area is 111 Å². The van der Waals surface area contributed by atoms with Gasteiger partial charge < -0.3 is 15.8 Å². The Kier molecular flexibility index (Phi) is 3.70. The molecular weight excluding hydrogens is 244 g/mol. The van der Waals surface area contributed by atoms with E-state index in [1.54, 1.807) is 32.2 Å². The largest absolute Gasteiger partial charge is 0.496 e. The molecule has 1 heterocycles. The highest BCUT2D eigenvalue weighted by atomic mass is 16.5. The summed E-state index contributed by atoms with van der Waals surface area (Å²) in [5, 5.41) is 9.35. The summed E-state index contributed by atoms with van der Waals surface area (Å²) >= 11 is 0. The van der Waals surface area contributed by atoms with E-state index in [1.165, 1.54) is 6.20 Å². The molecule has 1 aromatic heterocycles. The Morgan fingerprint density at radius 1 is 1.53 bits per heavy atom. The van der Waals surface area contributed by atoms with Crippen LogP contribution in [0.25, 0.3) is 0 Å². The fourth-order valence-corrected chi connectivity index (χ4v) is 1.79. The zero-order valence-electron chi connectivity index (χ0n) is 10.9. The lowest BCUT2D eigenvalue weighted by Crippen LogP contribution is -2.23. The van der Waals surface area contributed by atoms with Gasteiger partial charge in [0.25, 0.3) is 5.91 Å². The van der Waals surface area contributed by atoms with E-state index in [4.69, 9.17) is 10.5 Å². The van der Waals surface area contributed by atoms with Crippen molar-refractivity contribution in [1.82, 2.24) is 15.5 Å². The van der Waals surface area contributed by atoms with Crippen LogP contribution in [-0.2, 0) is 6.54 Å². The van der Waals surface area contributed by atoms with E-state index in [0.29, 0.717) is 23.5 Å². The van der Waals surface area contributed by atoms with Gasteiger partial charge in [-0.3, -0.25) is 9.89 Å². The zero-order chi connectivity index (χ0) is 13.8. The molecule has 6 heteroatoms. The van der Waals surface area contributed by atoms with Crippen LogP contribution in [0.15, 0.2) is 24.4 Å². The summed E-state index contributed by atoms with van der Waals surface area (Å²) in [4.78, 5) is 11.9. The fraction of sp³-hybridized carbons (Fsp3) is 0.231. The van der Waals surface area contributed by atoms with Gasteiger partial charge in [0.05, 0.1) is 18.9 Å². The number of benzene rings is 1. The van der Waals surface area contributed by atoms with Crippen molar-refractivity contribution < 1.29 is 9.53 Å². The van der Waals surface area contributed by atoms with Crippen molar-refractivity contribution in [1.29, 1.82) is 0 Å². The van der Waals surface area contributed by atoms with E-state index < -0.39 is 0 Å². The molecule has 2 aromatic rings. The van der Waals surface area contributed by atoms with E-state index in [-0.39, 0.29) is 5.91 Å². The monoisotopic (exact) mass is 260 g/mol. The predicted octanol–water partition coefficient (Wildman–Crippen LogP) is 1.24. The lowest BCUT2D eigenvalue weighted by molar-refractivity contribution is 0.0950. The molecule has 0 bridgehead atoms. The average molecular weight is 260 g/mol. The van der Waals surface area contributed by atoms with Crippen molar-refractivity contribution in [2.24, 2.45) is 0 Å². The summed E-state index contributed by atoms with van der Waals surface area (Å²) in [6.45, 7) is 2.14. The molecule has 1 aromatic carbocycles. The lowest BCUT2D eigenvalue weighted by Gasteiger charge is -2.10. The number of hydrogen-bond donors (Lipinski definition) is 3. The molecule has 0 aliphatic carbocycles. The third-order valence-corrected chi connectivity index (χ3v) is 2.82. The van der Waals surface area contributed by atoms with Crippen molar-refractivity contribution in [3.63, 3.8) is 0 Å². The fourth-order valence-electron chi connectivity index (χ4n) is 1.79. The number of carbonyl (C=O) groups excluding carboxylic acids is 1. The number of amides is 1. The standard InChI is InChI=1S/C13H16N4O2/c1-8-11(7-16-17-8)13(18)15-6-9-5-10(14)3-4-12(9)19-2/h3-5,7H,6,14H2,1-2H3,(H,15,18)(H,16,17). The number of rotatable bonds is 4. The average Bonchev–Trinajstić information content (AvgIpc) is 2.82. The summed E-state index contributed by atoms with van der Waals surface area (Å²) < 4.78 is 5.22. The van der Waals surface area contributed by atoms with Crippen LogP contribution in [0.4, 0.5) is 5.69 Å². The number of nitrogen functional groups attached to an aromatic ring is 1. The summed E-state index contributed by atoms with van der Waals surface area (Å²) in [6.07, 6.45) is 1.50. The highest BCUT2D eigenvalue weighted by Gasteiger charge is 2.11. The quantitative estimate of drug-likeness (QED) is 0.721. The predicted molar refractivity (Wildman–Crippen MR) is 71.9 cm³/mol. The van der Waals surface area contributed by atoms with E-state index in [1.807, 2.05) is 0 Å². The molecule has 0 aliphatic heterocycles. The van der Waals surface area contributed by atoms with Gasteiger partial charge in [-0.25, -0.2) is 0 Å². The van der Waals surface area contributed by atoms with Crippen molar-refractivity contribution in [3.05, 3.63) is 41.2 Å². The number of H-pyrrole nitrogens is 1. The lowest BCUT2D eigenvalue weighted by atomic mass is 10.1. The number of anilines is 1. The Bertz CT molecular complexity index is 592. The van der Waals surface area contributed by atoms with Gasteiger partial charge in [-0.15, -0.1) is 0 Å². The second-order valence-electron chi connectivity index (χ2n) is 4.16. The van der Waals surface area contributed by atoms with E-state index in [2.05, 4.69) is 15.5 Å². The zero-order valence-corrected chi connectivity index (χ0v) is 10.9. The molecule has 19 heavy (non-hydrogen) atoms. The van der Waals surface area contributed by atoms with E-state index in [0.717, 1.165) is 11.3 Å². The Morgan fingerprint density at radius 2 is 2.32 bits per heavy atom. The summed E-state index contributed by atoms with van der Waals surface area (Å²) in [5.74, 6) is 0.508. The minimum absolute atomic E-state index is 0.185. The Morgan fingerprint density at radius 3 is 2.95 bits per heavy atom. The molecule has 0 fully saturated rings. The number of ether oxygens (including phenoxy) is 1. The van der Waals surface area contributed by atoms with Gasteiger partial charge in [0.15, 0.2) is 0 Å². The molecule has 1 amide bonds. The van der Waals surface area contributed by atoms with Crippen LogP contribution < -0.4 is 15.8 Å². The van der Waals surface area contributed by atoms with Crippen molar-refractivity contribution in [2.75, 3.05) is 12.8 Å². The molecule has 0 radical (unpaired) electrons. The van der Waals surface area contributed by atoms with Gasteiger partial charge in [-0.1, -0.05) is 0 Å². The van der Waals surface area contributed by atoms with Gasteiger partial charge in [-0.05, 0) is 25.1 Å². The second kappa shape index (κ2) is 5.43. The van der Waals surface area contributed by atoms with Gasteiger partial charge in [0.2, 0.25) is 0 Å². The maximum Gasteiger partial charge on any atom is 0.255 e. The molecule has 100 valence electrons. The maximum absolute atomic E-state index is 11.9. The molecule has 0 saturated heterocycles. The molecule has 0 saturated carbocycles. The number of nitrogens with one attached hydrogen (secondary N) is 2. The molecule has 0 unspecified atom stereocenters. The van der Waals surface area contributed by atoms with Crippen LogP contribution in [0.3, 0.4) is 0 Å².